The Morgan fingerprint density at radius 1 is 1.21 bits per heavy atom. The largest absolute Gasteiger partial charge is 0.361 e. The van der Waals surface area contributed by atoms with E-state index in [1.807, 2.05) is 6.92 Å². The summed E-state index contributed by atoms with van der Waals surface area (Å²) < 4.78 is 10.0. The summed E-state index contributed by atoms with van der Waals surface area (Å²) in [4.78, 5) is 4.09. The second-order valence-corrected chi connectivity index (χ2v) is 2.92. The van der Waals surface area contributed by atoms with Gasteiger partial charge in [0.1, 0.15) is 11.3 Å². The molecule has 0 spiro atoms. The second-order valence-electron chi connectivity index (χ2n) is 2.92. The van der Waals surface area contributed by atoms with Gasteiger partial charge in [-0.3, -0.25) is 0 Å². The first kappa shape index (κ1) is 8.89. The summed E-state index contributed by atoms with van der Waals surface area (Å²) in [7, 11) is 0. The third kappa shape index (κ3) is 1.29. The average Bonchev–Trinajstić information content (AvgIpc) is 2.73. The molecule has 0 fully saturated rings. The Morgan fingerprint density at radius 3 is 2.50 bits per heavy atom. The van der Waals surface area contributed by atoms with E-state index < -0.39 is 0 Å². The average molecular weight is 194 g/mol. The Labute approximate surface area is 80.1 Å². The highest BCUT2D eigenvalue weighted by Crippen LogP contribution is 2.24. The normalized spacial score (nSPS) is 10.8. The van der Waals surface area contributed by atoms with Crippen LogP contribution in [-0.2, 0) is 6.54 Å². The summed E-state index contributed by atoms with van der Waals surface area (Å²) in [6.07, 6.45) is 0. The SMILES string of the molecule is Cc1noc(C)c1-c1nc(CN)no1. The minimum atomic E-state index is 0.257. The third-order valence-electron chi connectivity index (χ3n) is 1.90. The van der Waals surface area contributed by atoms with Crippen molar-refractivity contribution in [2.24, 2.45) is 5.73 Å². The lowest BCUT2D eigenvalue weighted by atomic mass is 10.2. The maximum absolute atomic E-state index is 5.37. The van der Waals surface area contributed by atoms with Crippen LogP contribution in [0.25, 0.3) is 11.5 Å². The summed E-state index contributed by atoms with van der Waals surface area (Å²) in [5, 5.41) is 7.49. The first-order chi connectivity index (χ1) is 6.72. The standard InChI is InChI=1S/C8H10N4O2/c1-4-7(5(2)13-11-4)8-10-6(3-9)12-14-8/h3,9H2,1-2H3. The highest BCUT2D eigenvalue weighted by Gasteiger charge is 2.17. The summed E-state index contributed by atoms with van der Waals surface area (Å²) in [5.74, 6) is 1.54. The van der Waals surface area contributed by atoms with E-state index in [4.69, 9.17) is 14.8 Å². The molecule has 0 atom stereocenters. The van der Waals surface area contributed by atoms with Gasteiger partial charge in [0.2, 0.25) is 0 Å². The summed E-state index contributed by atoms with van der Waals surface area (Å²) in [5.41, 5.74) is 6.85. The van der Waals surface area contributed by atoms with Crippen molar-refractivity contribution in [2.75, 3.05) is 0 Å². The van der Waals surface area contributed by atoms with Gasteiger partial charge in [0.25, 0.3) is 5.89 Å². The first-order valence-corrected chi connectivity index (χ1v) is 4.18. The number of nitrogens with two attached hydrogens (primary N) is 1. The molecule has 0 unspecified atom stereocenters. The summed E-state index contributed by atoms with van der Waals surface area (Å²) >= 11 is 0. The van der Waals surface area contributed by atoms with Crippen molar-refractivity contribution in [3.8, 4) is 11.5 Å². The van der Waals surface area contributed by atoms with Crippen molar-refractivity contribution in [3.05, 3.63) is 17.3 Å². The van der Waals surface area contributed by atoms with Crippen LogP contribution in [-0.4, -0.2) is 15.3 Å². The zero-order valence-corrected chi connectivity index (χ0v) is 7.94. The molecular formula is C8H10N4O2. The highest BCUT2D eigenvalue weighted by molar-refractivity contribution is 5.57. The van der Waals surface area contributed by atoms with Crippen LogP contribution in [0.5, 0.6) is 0 Å². The van der Waals surface area contributed by atoms with Gasteiger partial charge >= 0.3 is 0 Å². The molecule has 14 heavy (non-hydrogen) atoms. The van der Waals surface area contributed by atoms with Crippen LogP contribution in [0.1, 0.15) is 17.3 Å². The van der Waals surface area contributed by atoms with Crippen LogP contribution in [0.4, 0.5) is 0 Å². The smallest absolute Gasteiger partial charge is 0.263 e. The van der Waals surface area contributed by atoms with Crippen LogP contribution in [0.3, 0.4) is 0 Å². The lowest BCUT2D eigenvalue weighted by molar-refractivity contribution is 0.392. The van der Waals surface area contributed by atoms with Gasteiger partial charge in [0.15, 0.2) is 5.82 Å². The van der Waals surface area contributed by atoms with E-state index in [0.717, 1.165) is 11.3 Å². The Kier molecular flexibility index (Phi) is 2.05. The van der Waals surface area contributed by atoms with Crippen molar-refractivity contribution in [1.82, 2.24) is 15.3 Å². The first-order valence-electron chi connectivity index (χ1n) is 4.18. The maximum Gasteiger partial charge on any atom is 0.263 e. The third-order valence-corrected chi connectivity index (χ3v) is 1.90. The van der Waals surface area contributed by atoms with Gasteiger partial charge in [-0.25, -0.2) is 0 Å². The van der Waals surface area contributed by atoms with Gasteiger partial charge in [-0.2, -0.15) is 4.98 Å². The molecule has 6 heteroatoms. The van der Waals surface area contributed by atoms with Crippen LogP contribution in [0.2, 0.25) is 0 Å². The monoisotopic (exact) mass is 194 g/mol. The fourth-order valence-corrected chi connectivity index (χ4v) is 1.23. The molecule has 2 N–H and O–H groups in total. The van der Waals surface area contributed by atoms with Crippen molar-refractivity contribution >= 4 is 0 Å². The number of hydrogen-bond donors (Lipinski definition) is 1. The van der Waals surface area contributed by atoms with Gasteiger partial charge < -0.3 is 14.8 Å². The molecule has 6 nitrogen and oxygen atoms in total. The predicted octanol–water partition coefficient (Wildman–Crippen LogP) is 0.800. The summed E-state index contributed by atoms with van der Waals surface area (Å²) in [6, 6.07) is 0. The lowest BCUT2D eigenvalue weighted by Gasteiger charge is -1.88. The second kappa shape index (κ2) is 3.22. The fraction of sp³-hybridized carbons (Fsp3) is 0.375. The molecule has 2 heterocycles. The van der Waals surface area contributed by atoms with Gasteiger partial charge in [0.05, 0.1) is 12.2 Å². The van der Waals surface area contributed by atoms with Crippen molar-refractivity contribution in [3.63, 3.8) is 0 Å². The molecule has 0 saturated carbocycles. The molecular weight excluding hydrogens is 184 g/mol. The van der Waals surface area contributed by atoms with Crippen molar-refractivity contribution in [1.29, 1.82) is 0 Å². The molecule has 2 aromatic rings. The molecule has 0 aliphatic heterocycles. The molecule has 74 valence electrons. The topological polar surface area (TPSA) is 91.0 Å². The zero-order valence-electron chi connectivity index (χ0n) is 7.94. The Morgan fingerprint density at radius 2 is 2.00 bits per heavy atom. The molecule has 0 bridgehead atoms. The fourth-order valence-electron chi connectivity index (χ4n) is 1.23. The predicted molar refractivity (Wildman–Crippen MR) is 47.2 cm³/mol. The molecule has 2 rings (SSSR count). The maximum atomic E-state index is 5.37. The Hall–Kier alpha value is -1.69. The van der Waals surface area contributed by atoms with Crippen LogP contribution in [0, 0.1) is 13.8 Å². The molecule has 0 amide bonds. The van der Waals surface area contributed by atoms with E-state index in [1.54, 1.807) is 6.92 Å². The zero-order chi connectivity index (χ0) is 10.1. The van der Waals surface area contributed by atoms with E-state index in [9.17, 15) is 0 Å². The van der Waals surface area contributed by atoms with Crippen LogP contribution < -0.4 is 5.73 Å². The van der Waals surface area contributed by atoms with E-state index in [-0.39, 0.29) is 6.54 Å². The molecule has 2 aromatic heterocycles. The van der Waals surface area contributed by atoms with E-state index >= 15 is 0 Å². The number of rotatable bonds is 2. The number of aryl methyl sites for hydroxylation is 2. The van der Waals surface area contributed by atoms with Gasteiger partial charge in [-0.1, -0.05) is 10.3 Å². The Balaban J connectivity index is 2.48. The van der Waals surface area contributed by atoms with Gasteiger partial charge in [-0.05, 0) is 13.8 Å². The van der Waals surface area contributed by atoms with E-state index in [1.165, 1.54) is 0 Å². The van der Waals surface area contributed by atoms with E-state index in [0.29, 0.717) is 17.5 Å². The van der Waals surface area contributed by atoms with Gasteiger partial charge in [0, 0.05) is 0 Å². The minimum absolute atomic E-state index is 0.257. The Bertz CT molecular complexity index is 426. The molecule has 0 radical (unpaired) electrons. The molecule has 0 aliphatic carbocycles. The van der Waals surface area contributed by atoms with E-state index in [2.05, 4.69) is 15.3 Å². The van der Waals surface area contributed by atoms with Crippen LogP contribution in [0.15, 0.2) is 9.05 Å². The minimum Gasteiger partial charge on any atom is -0.361 e. The number of nitrogens with zero attached hydrogens (tertiary/aromatic N) is 3. The lowest BCUT2D eigenvalue weighted by Crippen LogP contribution is -1.97. The molecule has 0 aliphatic rings. The van der Waals surface area contributed by atoms with Crippen molar-refractivity contribution in [2.45, 2.75) is 20.4 Å². The number of hydrogen-bond acceptors (Lipinski definition) is 6. The van der Waals surface area contributed by atoms with Gasteiger partial charge in [-0.15, -0.1) is 0 Å². The molecule has 0 saturated heterocycles. The van der Waals surface area contributed by atoms with Crippen LogP contribution >= 0.6 is 0 Å². The molecule has 0 aromatic carbocycles. The number of aromatic nitrogens is 3. The summed E-state index contributed by atoms with van der Waals surface area (Å²) in [6.45, 7) is 3.87. The quantitative estimate of drug-likeness (QED) is 0.760. The highest BCUT2D eigenvalue weighted by atomic mass is 16.5. The van der Waals surface area contributed by atoms with Crippen molar-refractivity contribution < 1.29 is 9.05 Å².